The lowest BCUT2D eigenvalue weighted by Crippen LogP contribution is -2.13. The first-order chi connectivity index (χ1) is 9.88. The zero-order chi connectivity index (χ0) is 15.6. The molecule has 4 nitrogen and oxygen atoms in total. The summed E-state index contributed by atoms with van der Waals surface area (Å²) >= 11 is 0. The van der Waals surface area contributed by atoms with E-state index < -0.39 is 23.5 Å². The van der Waals surface area contributed by atoms with E-state index in [9.17, 15) is 18.4 Å². The van der Waals surface area contributed by atoms with Gasteiger partial charge in [0.05, 0.1) is 5.56 Å². The Labute approximate surface area is 119 Å². The Hall–Kier alpha value is -2.76. The van der Waals surface area contributed by atoms with E-state index in [1.165, 1.54) is 18.2 Å². The molecule has 0 aliphatic rings. The van der Waals surface area contributed by atoms with Crippen LogP contribution in [0.4, 0.5) is 14.5 Å². The summed E-state index contributed by atoms with van der Waals surface area (Å²) in [5.41, 5.74) is 0.938. The van der Waals surface area contributed by atoms with Crippen LogP contribution in [0.2, 0.25) is 0 Å². The van der Waals surface area contributed by atoms with Crippen molar-refractivity contribution in [3.05, 3.63) is 64.7 Å². The van der Waals surface area contributed by atoms with Gasteiger partial charge in [-0.3, -0.25) is 4.79 Å². The van der Waals surface area contributed by atoms with Crippen molar-refractivity contribution in [2.45, 2.75) is 6.92 Å². The summed E-state index contributed by atoms with van der Waals surface area (Å²) in [4.78, 5) is 22.8. The molecule has 0 saturated carbocycles. The van der Waals surface area contributed by atoms with Crippen LogP contribution in [0, 0.1) is 18.6 Å². The highest BCUT2D eigenvalue weighted by Crippen LogP contribution is 2.17. The minimum atomic E-state index is -1.11. The average molecular weight is 291 g/mol. The second-order valence-corrected chi connectivity index (χ2v) is 4.42. The Morgan fingerprint density at radius 3 is 2.33 bits per heavy atom. The molecule has 0 radical (unpaired) electrons. The van der Waals surface area contributed by atoms with Crippen LogP contribution in [0.3, 0.4) is 0 Å². The molecule has 21 heavy (non-hydrogen) atoms. The number of hydrogen-bond donors (Lipinski definition) is 2. The first-order valence-electron chi connectivity index (χ1n) is 5.99. The number of anilines is 1. The van der Waals surface area contributed by atoms with E-state index in [4.69, 9.17) is 5.11 Å². The van der Waals surface area contributed by atoms with Gasteiger partial charge in [0.15, 0.2) is 11.6 Å². The van der Waals surface area contributed by atoms with Crippen LogP contribution < -0.4 is 5.32 Å². The van der Waals surface area contributed by atoms with E-state index >= 15 is 0 Å². The Kier molecular flexibility index (Phi) is 3.98. The molecule has 0 spiro atoms. The second-order valence-electron chi connectivity index (χ2n) is 4.42. The van der Waals surface area contributed by atoms with E-state index in [1.807, 2.05) is 0 Å². The number of benzene rings is 2. The van der Waals surface area contributed by atoms with Gasteiger partial charge in [-0.25, -0.2) is 13.6 Å². The molecule has 2 aromatic rings. The third-order valence-corrected chi connectivity index (χ3v) is 2.90. The molecule has 0 aromatic heterocycles. The third kappa shape index (κ3) is 3.22. The van der Waals surface area contributed by atoms with Crippen molar-refractivity contribution in [1.82, 2.24) is 0 Å². The molecule has 0 aliphatic carbocycles. The normalized spacial score (nSPS) is 10.2. The summed E-state index contributed by atoms with van der Waals surface area (Å²) in [5, 5.41) is 11.4. The molecule has 0 heterocycles. The fourth-order valence-electron chi connectivity index (χ4n) is 1.82. The van der Waals surface area contributed by atoms with Crippen molar-refractivity contribution in [3.8, 4) is 0 Å². The third-order valence-electron chi connectivity index (χ3n) is 2.90. The monoisotopic (exact) mass is 291 g/mol. The van der Waals surface area contributed by atoms with Crippen LogP contribution in [0.5, 0.6) is 0 Å². The van der Waals surface area contributed by atoms with E-state index in [1.54, 1.807) is 6.92 Å². The van der Waals surface area contributed by atoms with Gasteiger partial charge in [-0.2, -0.15) is 0 Å². The number of carbonyl (C=O) groups is 2. The van der Waals surface area contributed by atoms with Gasteiger partial charge >= 0.3 is 5.97 Å². The fraction of sp³-hybridized carbons (Fsp3) is 0.0667. The zero-order valence-corrected chi connectivity index (χ0v) is 11.0. The highest BCUT2D eigenvalue weighted by atomic mass is 19.2. The van der Waals surface area contributed by atoms with Crippen LogP contribution in [-0.2, 0) is 0 Å². The van der Waals surface area contributed by atoms with Gasteiger partial charge in [0.1, 0.15) is 0 Å². The molecule has 2 aromatic carbocycles. The lowest BCUT2D eigenvalue weighted by Gasteiger charge is -2.08. The summed E-state index contributed by atoms with van der Waals surface area (Å²) in [5.74, 6) is -3.82. The molecule has 0 saturated heterocycles. The summed E-state index contributed by atoms with van der Waals surface area (Å²) in [7, 11) is 0. The van der Waals surface area contributed by atoms with Crippen LogP contribution >= 0.6 is 0 Å². The number of carboxylic acid groups (broad SMARTS) is 1. The van der Waals surface area contributed by atoms with Gasteiger partial charge in [-0.15, -0.1) is 0 Å². The van der Waals surface area contributed by atoms with Crippen LogP contribution in [0.1, 0.15) is 26.3 Å². The van der Waals surface area contributed by atoms with Crippen LogP contribution in [-0.4, -0.2) is 17.0 Å². The first-order valence-corrected chi connectivity index (χ1v) is 5.99. The minimum absolute atomic E-state index is 0.0335. The van der Waals surface area contributed by atoms with Crippen molar-refractivity contribution >= 4 is 17.6 Å². The maximum absolute atomic E-state index is 13.1. The fourth-order valence-corrected chi connectivity index (χ4v) is 1.82. The summed E-state index contributed by atoms with van der Waals surface area (Å²) in [6.45, 7) is 1.59. The van der Waals surface area contributed by atoms with Crippen LogP contribution in [0.15, 0.2) is 36.4 Å². The molecule has 0 fully saturated rings. The molecule has 2 N–H and O–H groups in total. The molecular formula is C15H11F2NO3. The lowest BCUT2D eigenvalue weighted by molar-refractivity contribution is 0.0696. The van der Waals surface area contributed by atoms with Crippen molar-refractivity contribution in [3.63, 3.8) is 0 Å². The van der Waals surface area contributed by atoms with Crippen molar-refractivity contribution in [2.24, 2.45) is 0 Å². The molecule has 0 atom stereocenters. The number of nitrogens with one attached hydrogen (secondary N) is 1. The minimum Gasteiger partial charge on any atom is -0.478 e. The average Bonchev–Trinajstić information content (AvgIpc) is 2.41. The highest BCUT2D eigenvalue weighted by Gasteiger charge is 2.12. The predicted octanol–water partition coefficient (Wildman–Crippen LogP) is 3.22. The number of carboxylic acids is 1. The van der Waals surface area contributed by atoms with E-state index in [0.717, 1.165) is 18.2 Å². The Bertz CT molecular complexity index is 729. The highest BCUT2D eigenvalue weighted by molar-refractivity contribution is 6.04. The van der Waals surface area contributed by atoms with E-state index in [2.05, 4.69) is 5.32 Å². The zero-order valence-electron chi connectivity index (χ0n) is 11.0. The quantitative estimate of drug-likeness (QED) is 0.912. The summed E-state index contributed by atoms with van der Waals surface area (Å²) < 4.78 is 25.9. The van der Waals surface area contributed by atoms with E-state index in [-0.39, 0.29) is 11.1 Å². The molecule has 0 bridgehead atoms. The maximum atomic E-state index is 13.1. The van der Waals surface area contributed by atoms with Gasteiger partial charge in [0.25, 0.3) is 5.91 Å². The summed E-state index contributed by atoms with van der Waals surface area (Å²) in [6.07, 6.45) is 0. The number of halogens is 2. The van der Waals surface area contributed by atoms with Crippen molar-refractivity contribution in [2.75, 3.05) is 5.32 Å². The SMILES string of the molecule is Cc1cc(NC(=O)c2ccc(F)c(F)c2)ccc1C(=O)O. The van der Waals surface area contributed by atoms with Gasteiger partial charge in [0, 0.05) is 11.3 Å². The topological polar surface area (TPSA) is 66.4 Å². The number of aromatic carboxylic acids is 1. The number of rotatable bonds is 3. The predicted molar refractivity (Wildman–Crippen MR) is 72.4 cm³/mol. The maximum Gasteiger partial charge on any atom is 0.335 e. The standard InChI is InChI=1S/C15H11F2NO3/c1-8-6-10(3-4-11(8)15(20)21)18-14(19)9-2-5-12(16)13(17)7-9/h2-7H,1H3,(H,18,19)(H,20,21). The van der Waals surface area contributed by atoms with Crippen LogP contribution in [0.25, 0.3) is 0 Å². The Morgan fingerprint density at radius 2 is 1.76 bits per heavy atom. The smallest absolute Gasteiger partial charge is 0.335 e. The van der Waals surface area contributed by atoms with E-state index in [0.29, 0.717) is 11.3 Å². The Balaban J connectivity index is 2.21. The molecule has 108 valence electrons. The molecule has 1 amide bonds. The van der Waals surface area contributed by atoms with Gasteiger partial charge < -0.3 is 10.4 Å². The molecule has 0 unspecified atom stereocenters. The molecule has 0 aliphatic heterocycles. The molecule has 6 heteroatoms. The van der Waals surface area contributed by atoms with Gasteiger partial charge in [-0.1, -0.05) is 0 Å². The van der Waals surface area contributed by atoms with Crippen molar-refractivity contribution in [1.29, 1.82) is 0 Å². The van der Waals surface area contributed by atoms with Gasteiger partial charge in [-0.05, 0) is 48.9 Å². The lowest BCUT2D eigenvalue weighted by atomic mass is 10.1. The number of carbonyl (C=O) groups excluding carboxylic acids is 1. The van der Waals surface area contributed by atoms with Gasteiger partial charge in [0.2, 0.25) is 0 Å². The van der Waals surface area contributed by atoms with Crippen molar-refractivity contribution < 1.29 is 23.5 Å². The number of aryl methyl sites for hydroxylation is 1. The number of hydrogen-bond acceptors (Lipinski definition) is 2. The molecular weight excluding hydrogens is 280 g/mol. The largest absolute Gasteiger partial charge is 0.478 e. The first kappa shape index (κ1) is 14.6. The number of amides is 1. The second kappa shape index (κ2) is 5.70. The summed E-state index contributed by atoms with van der Waals surface area (Å²) in [6, 6.07) is 7.09. The Morgan fingerprint density at radius 1 is 1.05 bits per heavy atom. The molecule has 2 rings (SSSR count).